The molecule has 1 unspecified atom stereocenters. The van der Waals surface area contributed by atoms with Crippen LogP contribution in [0.2, 0.25) is 0 Å². The molecule has 0 saturated carbocycles. The molecule has 1 rings (SSSR count). The van der Waals surface area contributed by atoms with Crippen LogP contribution in [0.15, 0.2) is 42.5 Å². The van der Waals surface area contributed by atoms with E-state index >= 15 is 0 Å². The van der Waals surface area contributed by atoms with Gasteiger partial charge in [-0.1, -0.05) is 36.4 Å². The first-order chi connectivity index (χ1) is 9.11. The van der Waals surface area contributed by atoms with Gasteiger partial charge in [-0.25, -0.2) is 4.79 Å². The van der Waals surface area contributed by atoms with E-state index < -0.39 is 12.1 Å². The summed E-state index contributed by atoms with van der Waals surface area (Å²) in [5, 5.41) is 18.0. The molecule has 0 aromatic heterocycles. The lowest BCUT2D eigenvalue weighted by molar-refractivity contribution is -0.131. The molecule has 19 heavy (non-hydrogen) atoms. The average Bonchev–Trinajstić information content (AvgIpc) is 2.42. The Morgan fingerprint density at radius 2 is 1.95 bits per heavy atom. The van der Waals surface area contributed by atoms with Crippen LogP contribution < -0.4 is 0 Å². The van der Waals surface area contributed by atoms with Crippen molar-refractivity contribution >= 4 is 11.8 Å². The van der Waals surface area contributed by atoms with Crippen molar-refractivity contribution in [2.24, 2.45) is 0 Å². The largest absolute Gasteiger partial charge is 0.478 e. The van der Waals surface area contributed by atoms with E-state index in [-0.39, 0.29) is 19.0 Å². The molecule has 0 heterocycles. The molecule has 5 heteroatoms. The number of aliphatic hydroxyl groups is 1. The molecule has 0 radical (unpaired) electrons. The SMILES string of the molecule is O=C(O)C=CCCOCC(O)C(=O)c1ccccc1. The van der Waals surface area contributed by atoms with Gasteiger partial charge in [-0.15, -0.1) is 0 Å². The molecule has 0 aliphatic heterocycles. The quantitative estimate of drug-likeness (QED) is 0.420. The fourth-order valence-corrected chi connectivity index (χ4v) is 1.40. The molecule has 0 spiro atoms. The van der Waals surface area contributed by atoms with Crippen LogP contribution in [0.3, 0.4) is 0 Å². The lowest BCUT2D eigenvalue weighted by atomic mass is 10.1. The Labute approximate surface area is 111 Å². The Balaban J connectivity index is 2.26. The maximum atomic E-state index is 11.7. The topological polar surface area (TPSA) is 83.8 Å². The summed E-state index contributed by atoms with van der Waals surface area (Å²) in [6.07, 6.45) is 1.69. The van der Waals surface area contributed by atoms with Gasteiger partial charge in [-0.2, -0.15) is 0 Å². The fraction of sp³-hybridized carbons (Fsp3) is 0.286. The van der Waals surface area contributed by atoms with Crippen molar-refractivity contribution in [2.45, 2.75) is 12.5 Å². The number of Topliss-reactive ketones (excluding diaryl/α,β-unsaturated/α-hetero) is 1. The molecule has 1 atom stereocenters. The Bertz CT molecular complexity index is 438. The third kappa shape index (κ3) is 5.94. The summed E-state index contributed by atoms with van der Waals surface area (Å²) < 4.78 is 5.10. The van der Waals surface area contributed by atoms with Crippen LogP contribution >= 0.6 is 0 Å². The van der Waals surface area contributed by atoms with Crippen molar-refractivity contribution in [3.8, 4) is 0 Å². The van der Waals surface area contributed by atoms with E-state index in [1.165, 1.54) is 6.08 Å². The van der Waals surface area contributed by atoms with Crippen molar-refractivity contribution in [3.63, 3.8) is 0 Å². The minimum absolute atomic E-state index is 0.103. The first kappa shape index (κ1) is 15.1. The molecule has 0 saturated heterocycles. The number of carboxylic acid groups (broad SMARTS) is 1. The molecular formula is C14H16O5. The van der Waals surface area contributed by atoms with Crippen LogP contribution in [0.25, 0.3) is 0 Å². The van der Waals surface area contributed by atoms with Gasteiger partial charge >= 0.3 is 5.97 Å². The lowest BCUT2D eigenvalue weighted by Crippen LogP contribution is -2.26. The van der Waals surface area contributed by atoms with Crippen LogP contribution in [-0.2, 0) is 9.53 Å². The van der Waals surface area contributed by atoms with E-state index in [9.17, 15) is 14.7 Å². The summed E-state index contributed by atoms with van der Waals surface area (Å²) in [6.45, 7) is 0.150. The maximum Gasteiger partial charge on any atom is 0.327 e. The Morgan fingerprint density at radius 3 is 2.58 bits per heavy atom. The van der Waals surface area contributed by atoms with Gasteiger partial charge in [0.05, 0.1) is 13.2 Å². The number of benzene rings is 1. The van der Waals surface area contributed by atoms with Gasteiger partial charge in [0, 0.05) is 11.6 Å². The zero-order valence-corrected chi connectivity index (χ0v) is 10.4. The second kappa shape index (κ2) is 8.18. The average molecular weight is 264 g/mol. The van der Waals surface area contributed by atoms with E-state index in [1.54, 1.807) is 30.3 Å². The van der Waals surface area contributed by atoms with Gasteiger partial charge in [0.15, 0.2) is 5.78 Å². The number of aliphatic carboxylic acids is 1. The molecule has 5 nitrogen and oxygen atoms in total. The molecule has 1 aromatic rings. The monoisotopic (exact) mass is 264 g/mol. The second-order valence-corrected chi connectivity index (χ2v) is 3.85. The smallest absolute Gasteiger partial charge is 0.327 e. The van der Waals surface area contributed by atoms with Crippen molar-refractivity contribution in [2.75, 3.05) is 13.2 Å². The van der Waals surface area contributed by atoms with Crippen molar-refractivity contribution in [1.29, 1.82) is 0 Å². The van der Waals surface area contributed by atoms with Crippen LogP contribution in [0.1, 0.15) is 16.8 Å². The molecule has 0 amide bonds. The fourth-order valence-electron chi connectivity index (χ4n) is 1.40. The molecule has 1 aromatic carbocycles. The second-order valence-electron chi connectivity index (χ2n) is 3.85. The van der Waals surface area contributed by atoms with Crippen molar-refractivity contribution < 1.29 is 24.5 Å². The van der Waals surface area contributed by atoms with Crippen molar-refractivity contribution in [3.05, 3.63) is 48.0 Å². The molecular weight excluding hydrogens is 248 g/mol. The van der Waals surface area contributed by atoms with Gasteiger partial charge in [0.1, 0.15) is 6.10 Å². The van der Waals surface area contributed by atoms with E-state index in [0.717, 1.165) is 6.08 Å². The van der Waals surface area contributed by atoms with Gasteiger partial charge in [0.25, 0.3) is 0 Å². The highest BCUT2D eigenvalue weighted by Crippen LogP contribution is 2.04. The highest BCUT2D eigenvalue weighted by atomic mass is 16.5. The summed E-state index contributed by atoms with van der Waals surface area (Å²) in [7, 11) is 0. The van der Waals surface area contributed by atoms with Gasteiger partial charge in [-0.05, 0) is 6.42 Å². The predicted molar refractivity (Wildman–Crippen MR) is 69.0 cm³/mol. The number of hydrogen-bond donors (Lipinski definition) is 2. The predicted octanol–water partition coefficient (Wildman–Crippen LogP) is 1.28. The van der Waals surface area contributed by atoms with E-state index in [2.05, 4.69) is 0 Å². The van der Waals surface area contributed by atoms with Gasteiger partial charge in [-0.3, -0.25) is 4.79 Å². The number of rotatable bonds is 8. The summed E-state index contributed by atoms with van der Waals surface area (Å²) >= 11 is 0. The highest BCUT2D eigenvalue weighted by Gasteiger charge is 2.16. The molecule has 0 aliphatic rings. The number of carbonyl (C=O) groups excluding carboxylic acids is 1. The summed E-state index contributed by atoms with van der Waals surface area (Å²) in [5.74, 6) is -1.40. The Morgan fingerprint density at radius 1 is 1.26 bits per heavy atom. The lowest BCUT2D eigenvalue weighted by Gasteiger charge is -2.09. The van der Waals surface area contributed by atoms with Crippen LogP contribution in [0.5, 0.6) is 0 Å². The summed E-state index contributed by atoms with van der Waals surface area (Å²) in [4.78, 5) is 21.9. The molecule has 0 aliphatic carbocycles. The molecule has 0 fully saturated rings. The third-order valence-electron chi connectivity index (χ3n) is 2.33. The number of ether oxygens (including phenoxy) is 1. The van der Waals surface area contributed by atoms with Crippen molar-refractivity contribution in [1.82, 2.24) is 0 Å². The number of aliphatic hydroxyl groups excluding tert-OH is 1. The standard InChI is InChI=1S/C14H16O5/c15-12(10-19-9-5-4-8-13(16)17)14(18)11-6-2-1-3-7-11/h1-4,6-8,12,15H,5,9-10H2,(H,16,17). The normalized spacial score (nSPS) is 12.5. The van der Waals surface area contributed by atoms with Crippen LogP contribution in [0, 0.1) is 0 Å². The van der Waals surface area contributed by atoms with E-state index in [1.807, 2.05) is 0 Å². The zero-order valence-electron chi connectivity index (χ0n) is 10.4. The molecule has 2 N–H and O–H groups in total. The van der Waals surface area contributed by atoms with Crippen LogP contribution in [-0.4, -0.2) is 41.3 Å². The zero-order chi connectivity index (χ0) is 14.1. The van der Waals surface area contributed by atoms with Gasteiger partial charge in [0.2, 0.25) is 0 Å². The first-order valence-corrected chi connectivity index (χ1v) is 5.86. The Hall–Kier alpha value is -1.98. The number of carbonyl (C=O) groups is 2. The number of ketones is 1. The summed E-state index contributed by atoms with van der Waals surface area (Å²) in [6, 6.07) is 8.48. The molecule has 0 bridgehead atoms. The van der Waals surface area contributed by atoms with Gasteiger partial charge < -0.3 is 14.9 Å². The van der Waals surface area contributed by atoms with E-state index in [4.69, 9.17) is 9.84 Å². The first-order valence-electron chi connectivity index (χ1n) is 5.86. The maximum absolute atomic E-state index is 11.7. The number of carboxylic acids is 1. The third-order valence-corrected chi connectivity index (χ3v) is 2.33. The minimum Gasteiger partial charge on any atom is -0.478 e. The van der Waals surface area contributed by atoms with Crippen LogP contribution in [0.4, 0.5) is 0 Å². The number of hydrogen-bond acceptors (Lipinski definition) is 4. The summed E-state index contributed by atoms with van der Waals surface area (Å²) in [5.41, 5.74) is 0.435. The van der Waals surface area contributed by atoms with E-state index in [0.29, 0.717) is 12.0 Å². The minimum atomic E-state index is -1.20. The Kier molecular flexibility index (Phi) is 6.49. The molecule has 102 valence electrons. The highest BCUT2D eigenvalue weighted by molar-refractivity contribution is 5.99.